The van der Waals surface area contributed by atoms with Gasteiger partial charge in [-0.2, -0.15) is 0 Å². The molecular formula is C47H31N3O. The van der Waals surface area contributed by atoms with Crippen molar-refractivity contribution in [1.29, 1.82) is 0 Å². The Bertz CT molecular complexity index is 2800. The normalized spacial score (nSPS) is 11.5. The maximum absolute atomic E-state index is 6.65. The molecule has 240 valence electrons. The zero-order chi connectivity index (χ0) is 33.7. The third-order valence-electron chi connectivity index (χ3n) is 9.81. The lowest BCUT2D eigenvalue weighted by Crippen LogP contribution is -2.12. The van der Waals surface area contributed by atoms with Gasteiger partial charge in [-0.1, -0.05) is 121 Å². The van der Waals surface area contributed by atoms with Gasteiger partial charge in [0.1, 0.15) is 5.52 Å². The van der Waals surface area contributed by atoms with Crippen molar-refractivity contribution in [1.82, 2.24) is 9.55 Å². The van der Waals surface area contributed by atoms with E-state index in [0.29, 0.717) is 5.89 Å². The number of para-hydroxylation sites is 3. The highest BCUT2D eigenvalue weighted by atomic mass is 16.3. The first-order valence-corrected chi connectivity index (χ1v) is 17.2. The Labute approximate surface area is 295 Å². The van der Waals surface area contributed by atoms with Gasteiger partial charge in [0.25, 0.3) is 0 Å². The van der Waals surface area contributed by atoms with Crippen LogP contribution in [-0.4, -0.2) is 9.55 Å². The Kier molecular flexibility index (Phi) is 6.78. The van der Waals surface area contributed by atoms with Crippen molar-refractivity contribution in [2.24, 2.45) is 0 Å². The molecule has 10 aromatic rings. The summed E-state index contributed by atoms with van der Waals surface area (Å²) in [7, 11) is 0. The molecule has 0 unspecified atom stereocenters. The number of hydrogen-bond acceptors (Lipinski definition) is 3. The Hall–Kier alpha value is -6.91. The van der Waals surface area contributed by atoms with E-state index < -0.39 is 0 Å². The average Bonchev–Trinajstić information content (AvgIpc) is 3.79. The number of aromatic nitrogens is 2. The van der Waals surface area contributed by atoms with Crippen molar-refractivity contribution < 1.29 is 4.42 Å². The fourth-order valence-corrected chi connectivity index (χ4v) is 7.52. The number of oxazole rings is 1. The zero-order valence-corrected chi connectivity index (χ0v) is 27.6. The summed E-state index contributed by atoms with van der Waals surface area (Å²) in [6.45, 7) is 0. The lowest BCUT2D eigenvalue weighted by Gasteiger charge is -2.29. The van der Waals surface area contributed by atoms with Crippen LogP contribution >= 0.6 is 0 Å². The third-order valence-corrected chi connectivity index (χ3v) is 9.81. The lowest BCUT2D eigenvalue weighted by molar-refractivity contribution is 0.623. The fourth-order valence-electron chi connectivity index (χ4n) is 7.52. The first-order valence-electron chi connectivity index (χ1n) is 17.2. The molecule has 0 N–H and O–H groups in total. The number of fused-ring (bicyclic) bond motifs is 6. The molecule has 0 aliphatic carbocycles. The summed E-state index contributed by atoms with van der Waals surface area (Å²) in [5.41, 5.74) is 11.4. The van der Waals surface area contributed by atoms with Crippen LogP contribution in [0.15, 0.2) is 192 Å². The highest BCUT2D eigenvalue weighted by Gasteiger charge is 2.22. The molecule has 0 amide bonds. The van der Waals surface area contributed by atoms with Crippen LogP contribution in [-0.2, 0) is 0 Å². The smallest absolute Gasteiger partial charge is 0.227 e. The van der Waals surface area contributed by atoms with Crippen LogP contribution in [0.3, 0.4) is 0 Å². The van der Waals surface area contributed by atoms with Crippen LogP contribution in [0.25, 0.3) is 71.9 Å². The maximum atomic E-state index is 6.65. The van der Waals surface area contributed by atoms with Gasteiger partial charge in [0.05, 0.1) is 27.8 Å². The third kappa shape index (κ3) is 4.80. The van der Waals surface area contributed by atoms with E-state index in [-0.39, 0.29) is 0 Å². The van der Waals surface area contributed by atoms with E-state index in [9.17, 15) is 0 Å². The van der Waals surface area contributed by atoms with Gasteiger partial charge in [-0.25, -0.2) is 4.98 Å². The van der Waals surface area contributed by atoms with Gasteiger partial charge >= 0.3 is 0 Å². The van der Waals surface area contributed by atoms with Gasteiger partial charge in [-0.05, 0) is 77.7 Å². The van der Waals surface area contributed by atoms with Crippen LogP contribution < -0.4 is 4.90 Å². The molecule has 0 aliphatic rings. The largest absolute Gasteiger partial charge is 0.435 e. The van der Waals surface area contributed by atoms with Crippen molar-refractivity contribution in [3.63, 3.8) is 0 Å². The van der Waals surface area contributed by atoms with E-state index in [2.05, 4.69) is 167 Å². The zero-order valence-electron chi connectivity index (χ0n) is 27.6. The van der Waals surface area contributed by atoms with E-state index in [1.165, 1.54) is 21.8 Å². The highest BCUT2D eigenvalue weighted by molar-refractivity contribution is 6.13. The molecule has 0 aliphatic heterocycles. The van der Waals surface area contributed by atoms with Crippen molar-refractivity contribution >= 4 is 60.7 Å². The second-order valence-electron chi connectivity index (χ2n) is 12.8. The van der Waals surface area contributed by atoms with Gasteiger partial charge in [-0.3, -0.25) is 0 Å². The van der Waals surface area contributed by atoms with Crippen LogP contribution in [0.2, 0.25) is 0 Å². The molecule has 8 aromatic carbocycles. The quantitative estimate of drug-likeness (QED) is 0.179. The number of benzene rings is 8. The number of nitrogens with zero attached hydrogens (tertiary/aromatic N) is 3. The Morgan fingerprint density at radius 2 is 1.08 bits per heavy atom. The minimum absolute atomic E-state index is 0.611. The molecule has 0 saturated heterocycles. The monoisotopic (exact) mass is 653 g/mol. The topological polar surface area (TPSA) is 34.2 Å². The predicted octanol–water partition coefficient (Wildman–Crippen LogP) is 12.9. The maximum Gasteiger partial charge on any atom is 0.227 e. The highest BCUT2D eigenvalue weighted by Crippen LogP contribution is 2.46. The van der Waals surface area contributed by atoms with Gasteiger partial charge in [0.15, 0.2) is 5.58 Å². The van der Waals surface area contributed by atoms with E-state index in [0.717, 1.165) is 61.3 Å². The Morgan fingerprint density at radius 3 is 1.80 bits per heavy atom. The molecular weight excluding hydrogens is 623 g/mol. The van der Waals surface area contributed by atoms with Gasteiger partial charge in [-0.15, -0.1) is 0 Å². The van der Waals surface area contributed by atoms with E-state index in [1.807, 2.05) is 30.3 Å². The molecule has 0 saturated carbocycles. The molecule has 10 rings (SSSR count). The minimum Gasteiger partial charge on any atom is -0.435 e. The molecule has 2 aromatic heterocycles. The number of anilines is 3. The molecule has 2 heterocycles. The van der Waals surface area contributed by atoms with Gasteiger partial charge in [0, 0.05) is 33.3 Å². The van der Waals surface area contributed by atoms with Crippen LogP contribution in [0.1, 0.15) is 0 Å². The van der Waals surface area contributed by atoms with Gasteiger partial charge < -0.3 is 13.9 Å². The Morgan fingerprint density at radius 1 is 0.471 bits per heavy atom. The summed E-state index contributed by atoms with van der Waals surface area (Å²) in [4.78, 5) is 7.31. The SMILES string of the molecule is c1ccc(-c2nc3ccc4cccc(N(c5ccc(-n6c7ccccc7c7ccccc76)cc5)c5ccccc5-c5ccccc5)c4c3o2)cc1. The van der Waals surface area contributed by atoms with E-state index in [1.54, 1.807) is 0 Å². The first kappa shape index (κ1) is 29.0. The molecule has 51 heavy (non-hydrogen) atoms. The molecule has 0 radical (unpaired) electrons. The molecule has 4 heteroatoms. The summed E-state index contributed by atoms with van der Waals surface area (Å²) < 4.78 is 9.01. The molecule has 0 atom stereocenters. The summed E-state index contributed by atoms with van der Waals surface area (Å²) in [5, 5.41) is 4.59. The second kappa shape index (κ2) is 11.9. The summed E-state index contributed by atoms with van der Waals surface area (Å²) >= 11 is 0. The van der Waals surface area contributed by atoms with Gasteiger partial charge in [0.2, 0.25) is 5.89 Å². The van der Waals surface area contributed by atoms with Crippen LogP contribution in [0.5, 0.6) is 0 Å². The minimum atomic E-state index is 0.611. The van der Waals surface area contributed by atoms with E-state index in [4.69, 9.17) is 9.40 Å². The predicted molar refractivity (Wildman–Crippen MR) is 211 cm³/mol. The van der Waals surface area contributed by atoms with Crippen molar-refractivity contribution in [3.8, 4) is 28.3 Å². The fraction of sp³-hybridized carbons (Fsp3) is 0. The second-order valence-corrected chi connectivity index (χ2v) is 12.8. The standard InChI is InChI=1S/C47H31N3O/c1-3-14-32(15-4-1)37-19-7-10-22-41(37)50(36-29-27-35(28-30-36)49-42-23-11-8-20-38(42)39-21-9-12-24-43(39)49)44-25-13-18-33-26-31-40-46(45(33)44)51-47(48-40)34-16-5-2-6-17-34/h1-31H. The van der Waals surface area contributed by atoms with E-state index >= 15 is 0 Å². The van der Waals surface area contributed by atoms with Crippen molar-refractivity contribution in [2.75, 3.05) is 4.90 Å². The van der Waals surface area contributed by atoms with Crippen molar-refractivity contribution in [2.45, 2.75) is 0 Å². The van der Waals surface area contributed by atoms with Crippen LogP contribution in [0, 0.1) is 0 Å². The lowest BCUT2D eigenvalue weighted by atomic mass is 10.0. The molecule has 0 bridgehead atoms. The average molecular weight is 654 g/mol. The first-order chi connectivity index (χ1) is 25.3. The number of rotatable bonds is 6. The van der Waals surface area contributed by atoms with Crippen molar-refractivity contribution in [3.05, 3.63) is 188 Å². The molecule has 0 fully saturated rings. The van der Waals surface area contributed by atoms with Crippen LogP contribution in [0.4, 0.5) is 17.1 Å². The Balaban J connectivity index is 1.21. The summed E-state index contributed by atoms with van der Waals surface area (Å²) in [6, 6.07) is 66.2. The number of hydrogen-bond donors (Lipinski definition) is 0. The summed E-state index contributed by atoms with van der Waals surface area (Å²) in [6.07, 6.45) is 0. The molecule has 4 nitrogen and oxygen atoms in total. The molecule has 0 spiro atoms. The summed E-state index contributed by atoms with van der Waals surface area (Å²) in [5.74, 6) is 0.611.